The number of aromatic nitrogens is 3. The van der Waals surface area contributed by atoms with Crippen LogP contribution in [0.5, 0.6) is 0 Å². The number of nitrogens with one attached hydrogen (secondary N) is 1. The maximum absolute atomic E-state index is 4.46. The number of aryl methyl sites for hydroxylation is 1. The Kier molecular flexibility index (Phi) is 3.58. The number of nitrogens with zero attached hydrogens (tertiary/aromatic N) is 4. The zero-order chi connectivity index (χ0) is 12.3. The van der Waals surface area contributed by atoms with Gasteiger partial charge in [0.2, 0.25) is 5.95 Å². The fourth-order valence-electron chi connectivity index (χ4n) is 1.71. The summed E-state index contributed by atoms with van der Waals surface area (Å²) in [6, 6.07) is 4.02. The Labute approximate surface area is 101 Å². The van der Waals surface area contributed by atoms with Crippen molar-refractivity contribution in [3.63, 3.8) is 0 Å². The van der Waals surface area contributed by atoms with Crippen molar-refractivity contribution in [2.24, 2.45) is 0 Å². The van der Waals surface area contributed by atoms with Crippen molar-refractivity contribution in [1.82, 2.24) is 19.5 Å². The summed E-state index contributed by atoms with van der Waals surface area (Å²) in [5.74, 6) is 0.707. The molecular formula is C12H19N5. The lowest BCUT2D eigenvalue weighted by Gasteiger charge is -2.08. The average Bonchev–Trinajstić information content (AvgIpc) is 2.69. The lowest BCUT2D eigenvalue weighted by molar-refractivity contribution is 0.405. The van der Waals surface area contributed by atoms with Crippen LogP contribution in [0.15, 0.2) is 18.3 Å². The first-order valence-electron chi connectivity index (χ1n) is 5.87. The minimum atomic E-state index is 0.707. The van der Waals surface area contributed by atoms with E-state index in [4.69, 9.17) is 0 Å². The second-order valence-electron chi connectivity index (χ2n) is 4.48. The Hall–Kier alpha value is -1.62. The van der Waals surface area contributed by atoms with Gasteiger partial charge in [-0.05, 0) is 45.6 Å². The Morgan fingerprint density at radius 2 is 2.24 bits per heavy atom. The summed E-state index contributed by atoms with van der Waals surface area (Å²) in [4.78, 5) is 6.63. The van der Waals surface area contributed by atoms with Crippen LogP contribution in [0.4, 0.5) is 5.95 Å². The topological polar surface area (TPSA) is 45.5 Å². The zero-order valence-electron chi connectivity index (χ0n) is 10.6. The third kappa shape index (κ3) is 2.94. The van der Waals surface area contributed by atoms with Gasteiger partial charge >= 0.3 is 0 Å². The molecule has 0 atom stereocenters. The van der Waals surface area contributed by atoms with E-state index >= 15 is 0 Å². The van der Waals surface area contributed by atoms with Gasteiger partial charge in [0, 0.05) is 12.7 Å². The van der Waals surface area contributed by atoms with E-state index in [9.17, 15) is 0 Å². The first-order valence-corrected chi connectivity index (χ1v) is 5.87. The van der Waals surface area contributed by atoms with Gasteiger partial charge in [-0.1, -0.05) is 6.07 Å². The molecule has 2 rings (SSSR count). The van der Waals surface area contributed by atoms with E-state index in [-0.39, 0.29) is 0 Å². The van der Waals surface area contributed by atoms with E-state index in [0.717, 1.165) is 30.7 Å². The molecule has 0 radical (unpaired) electrons. The van der Waals surface area contributed by atoms with E-state index in [1.807, 2.05) is 29.8 Å². The first-order chi connectivity index (χ1) is 8.16. The van der Waals surface area contributed by atoms with Gasteiger partial charge in [-0.3, -0.25) is 0 Å². The predicted octanol–water partition coefficient (Wildman–Crippen LogP) is 1.40. The van der Waals surface area contributed by atoms with Crippen molar-refractivity contribution in [3.8, 4) is 0 Å². The lowest BCUT2D eigenvalue weighted by atomic mass is 10.3. The molecule has 0 aliphatic heterocycles. The fraction of sp³-hybridized carbons (Fsp3) is 0.500. The molecule has 0 aliphatic carbocycles. The maximum Gasteiger partial charge on any atom is 0.243 e. The number of hydrogen-bond donors (Lipinski definition) is 1. The molecule has 2 aromatic rings. The van der Waals surface area contributed by atoms with Crippen LogP contribution in [0.3, 0.4) is 0 Å². The number of fused-ring (bicyclic) bond motifs is 1. The number of rotatable bonds is 5. The molecule has 0 saturated heterocycles. The highest BCUT2D eigenvalue weighted by Crippen LogP contribution is 2.09. The SMILES string of the molecule is Cc1cccn2nc(NCCCN(C)C)nc12. The van der Waals surface area contributed by atoms with Gasteiger partial charge in [0.1, 0.15) is 0 Å². The van der Waals surface area contributed by atoms with Crippen LogP contribution in [-0.2, 0) is 0 Å². The zero-order valence-corrected chi connectivity index (χ0v) is 10.6. The van der Waals surface area contributed by atoms with Crippen LogP contribution in [0, 0.1) is 6.92 Å². The summed E-state index contributed by atoms with van der Waals surface area (Å²) in [6.45, 7) is 4.01. The number of hydrogen-bond acceptors (Lipinski definition) is 4. The summed E-state index contributed by atoms with van der Waals surface area (Å²) >= 11 is 0. The van der Waals surface area contributed by atoms with Gasteiger partial charge in [0.25, 0.3) is 0 Å². The summed E-state index contributed by atoms with van der Waals surface area (Å²) in [7, 11) is 4.15. The van der Waals surface area contributed by atoms with E-state index in [0.29, 0.717) is 5.95 Å². The third-order valence-corrected chi connectivity index (χ3v) is 2.62. The second-order valence-corrected chi connectivity index (χ2v) is 4.48. The Bertz CT molecular complexity index is 489. The van der Waals surface area contributed by atoms with Gasteiger partial charge in [0.05, 0.1) is 0 Å². The standard InChI is InChI=1S/C12H19N5/c1-10-6-4-9-17-11(10)14-12(15-17)13-7-5-8-16(2)3/h4,6,9H,5,7-8H2,1-3H3,(H,13,15). The van der Waals surface area contributed by atoms with E-state index < -0.39 is 0 Å². The van der Waals surface area contributed by atoms with E-state index in [1.165, 1.54) is 0 Å². The Morgan fingerprint density at radius 1 is 1.41 bits per heavy atom. The maximum atomic E-state index is 4.46. The molecule has 5 heteroatoms. The molecule has 2 heterocycles. The molecule has 2 aromatic heterocycles. The van der Waals surface area contributed by atoms with Crippen molar-refractivity contribution in [3.05, 3.63) is 23.9 Å². The van der Waals surface area contributed by atoms with Gasteiger partial charge in [-0.25, -0.2) is 4.52 Å². The highest BCUT2D eigenvalue weighted by atomic mass is 15.3. The first kappa shape index (κ1) is 11.9. The molecule has 0 unspecified atom stereocenters. The lowest BCUT2D eigenvalue weighted by Crippen LogP contribution is -2.16. The van der Waals surface area contributed by atoms with Crippen molar-refractivity contribution >= 4 is 11.6 Å². The minimum absolute atomic E-state index is 0.707. The van der Waals surface area contributed by atoms with Crippen LogP contribution in [0.1, 0.15) is 12.0 Å². The molecule has 0 amide bonds. The smallest absolute Gasteiger partial charge is 0.243 e. The van der Waals surface area contributed by atoms with Crippen LogP contribution >= 0.6 is 0 Å². The van der Waals surface area contributed by atoms with Crippen molar-refractivity contribution in [1.29, 1.82) is 0 Å². The largest absolute Gasteiger partial charge is 0.353 e. The molecule has 0 aromatic carbocycles. The summed E-state index contributed by atoms with van der Waals surface area (Å²) in [5.41, 5.74) is 2.06. The quantitative estimate of drug-likeness (QED) is 0.793. The van der Waals surface area contributed by atoms with Gasteiger partial charge in [-0.15, -0.1) is 5.10 Å². The van der Waals surface area contributed by atoms with Crippen LogP contribution in [-0.4, -0.2) is 46.7 Å². The molecule has 0 saturated carbocycles. The fourth-order valence-corrected chi connectivity index (χ4v) is 1.71. The highest BCUT2D eigenvalue weighted by Gasteiger charge is 2.04. The van der Waals surface area contributed by atoms with Crippen molar-refractivity contribution < 1.29 is 0 Å². The van der Waals surface area contributed by atoms with Gasteiger partial charge in [0.15, 0.2) is 5.65 Å². The van der Waals surface area contributed by atoms with Crippen molar-refractivity contribution in [2.75, 3.05) is 32.5 Å². The summed E-state index contributed by atoms with van der Waals surface area (Å²) in [6.07, 6.45) is 3.00. The van der Waals surface area contributed by atoms with E-state index in [1.54, 1.807) is 0 Å². The second kappa shape index (κ2) is 5.14. The normalized spacial score (nSPS) is 11.3. The number of pyridine rings is 1. The molecule has 5 nitrogen and oxygen atoms in total. The van der Waals surface area contributed by atoms with Gasteiger partial charge in [-0.2, -0.15) is 4.98 Å². The van der Waals surface area contributed by atoms with Crippen LogP contribution in [0.2, 0.25) is 0 Å². The molecule has 17 heavy (non-hydrogen) atoms. The highest BCUT2D eigenvalue weighted by molar-refractivity contribution is 5.49. The molecule has 0 bridgehead atoms. The molecule has 0 fully saturated rings. The molecule has 1 N–H and O–H groups in total. The Balaban J connectivity index is 1.98. The summed E-state index contributed by atoms with van der Waals surface area (Å²) in [5, 5.41) is 7.62. The molecule has 0 aliphatic rings. The molecule has 92 valence electrons. The molecule has 0 spiro atoms. The van der Waals surface area contributed by atoms with Crippen LogP contribution in [0.25, 0.3) is 5.65 Å². The average molecular weight is 233 g/mol. The third-order valence-electron chi connectivity index (χ3n) is 2.62. The van der Waals surface area contributed by atoms with Crippen molar-refractivity contribution in [2.45, 2.75) is 13.3 Å². The van der Waals surface area contributed by atoms with E-state index in [2.05, 4.69) is 34.4 Å². The monoisotopic (exact) mass is 233 g/mol. The van der Waals surface area contributed by atoms with Gasteiger partial charge < -0.3 is 10.2 Å². The molecular weight excluding hydrogens is 214 g/mol. The summed E-state index contributed by atoms with van der Waals surface area (Å²) < 4.78 is 1.81. The Morgan fingerprint density at radius 3 is 2.94 bits per heavy atom. The minimum Gasteiger partial charge on any atom is -0.353 e. The van der Waals surface area contributed by atoms with Crippen LogP contribution < -0.4 is 5.32 Å². The number of anilines is 1. The predicted molar refractivity (Wildman–Crippen MR) is 69.4 cm³/mol.